The summed E-state index contributed by atoms with van der Waals surface area (Å²) in [6, 6.07) is 6.99. The van der Waals surface area contributed by atoms with Crippen molar-refractivity contribution in [3.05, 3.63) is 46.7 Å². The average molecular weight is 301 g/mol. The molecule has 2 unspecified atom stereocenters. The molecule has 0 fully saturated rings. The molecule has 0 radical (unpaired) electrons. The number of aryl methyl sites for hydroxylation is 1. The molecule has 6 heteroatoms. The second-order valence-corrected chi connectivity index (χ2v) is 5.87. The highest BCUT2D eigenvalue weighted by Gasteiger charge is 2.40. The predicted octanol–water partition coefficient (Wildman–Crippen LogP) is 0.826. The number of rotatable bonds is 3. The van der Waals surface area contributed by atoms with Crippen molar-refractivity contribution in [2.45, 2.75) is 26.0 Å². The molecular formula is C16H19N3O3. The predicted molar refractivity (Wildman–Crippen MR) is 80.9 cm³/mol. The van der Waals surface area contributed by atoms with Crippen molar-refractivity contribution in [1.82, 2.24) is 15.5 Å². The normalized spacial score (nSPS) is 22.3. The van der Waals surface area contributed by atoms with Crippen LogP contribution in [0.4, 0.5) is 4.79 Å². The Bertz CT molecular complexity index is 649. The number of carbonyl (C=O) groups excluding carboxylic acids is 2. The van der Waals surface area contributed by atoms with E-state index in [9.17, 15) is 14.7 Å². The molecule has 3 amide bonds. The number of aliphatic hydroxyl groups excluding tert-OH is 1. The van der Waals surface area contributed by atoms with E-state index in [0.717, 1.165) is 11.1 Å². The third-order valence-corrected chi connectivity index (χ3v) is 3.92. The van der Waals surface area contributed by atoms with Gasteiger partial charge in [0.05, 0.1) is 30.0 Å². The maximum atomic E-state index is 12.6. The van der Waals surface area contributed by atoms with Gasteiger partial charge in [-0.05, 0) is 19.4 Å². The van der Waals surface area contributed by atoms with E-state index in [1.807, 2.05) is 31.2 Å². The Morgan fingerprint density at radius 2 is 2.00 bits per heavy atom. The summed E-state index contributed by atoms with van der Waals surface area (Å²) in [6.45, 7) is 4.20. The quantitative estimate of drug-likeness (QED) is 0.773. The van der Waals surface area contributed by atoms with Crippen LogP contribution in [0.5, 0.6) is 0 Å². The Labute approximate surface area is 128 Å². The van der Waals surface area contributed by atoms with E-state index in [4.69, 9.17) is 0 Å². The monoisotopic (exact) mass is 301 g/mol. The van der Waals surface area contributed by atoms with Crippen LogP contribution in [0.3, 0.4) is 0 Å². The van der Waals surface area contributed by atoms with Crippen LogP contribution in [-0.2, 0) is 4.79 Å². The van der Waals surface area contributed by atoms with Gasteiger partial charge in [0.15, 0.2) is 0 Å². The van der Waals surface area contributed by atoms with Gasteiger partial charge in [0.1, 0.15) is 0 Å². The van der Waals surface area contributed by atoms with Crippen molar-refractivity contribution in [2.24, 2.45) is 0 Å². The van der Waals surface area contributed by atoms with Crippen molar-refractivity contribution >= 4 is 11.9 Å². The minimum atomic E-state index is -0.605. The Balaban J connectivity index is 1.94. The highest BCUT2D eigenvalue weighted by molar-refractivity contribution is 6.01. The van der Waals surface area contributed by atoms with Gasteiger partial charge in [-0.1, -0.05) is 29.8 Å². The van der Waals surface area contributed by atoms with Crippen LogP contribution in [-0.4, -0.2) is 41.1 Å². The minimum Gasteiger partial charge on any atom is -0.392 e. The molecule has 2 aliphatic heterocycles. The Morgan fingerprint density at radius 3 is 2.64 bits per heavy atom. The summed E-state index contributed by atoms with van der Waals surface area (Å²) in [5, 5.41) is 15.0. The average Bonchev–Trinajstić information content (AvgIpc) is 2.74. The largest absolute Gasteiger partial charge is 0.392 e. The number of hydrogen-bond acceptors (Lipinski definition) is 3. The SMILES string of the molecule is Cc1ccc(C2NC(=O)NC3=C2C(=O)N(CC(C)O)C3)cc1. The molecule has 0 aromatic heterocycles. The first-order chi connectivity index (χ1) is 10.5. The lowest BCUT2D eigenvalue weighted by atomic mass is 9.95. The second-order valence-electron chi connectivity index (χ2n) is 5.87. The van der Waals surface area contributed by atoms with Crippen LogP contribution in [0.2, 0.25) is 0 Å². The van der Waals surface area contributed by atoms with Gasteiger partial charge in [0, 0.05) is 6.54 Å². The number of urea groups is 1. The van der Waals surface area contributed by atoms with E-state index >= 15 is 0 Å². The standard InChI is InChI=1S/C16H19N3O3/c1-9-3-5-11(6-4-9)14-13-12(17-16(22)18-14)8-19(15(13)21)7-10(2)20/h3-6,10,14,20H,7-8H2,1-2H3,(H2,17,18,22). The Kier molecular flexibility index (Phi) is 3.62. The maximum Gasteiger partial charge on any atom is 0.319 e. The summed E-state index contributed by atoms with van der Waals surface area (Å²) in [6.07, 6.45) is -0.605. The number of β-amino-alcohol motifs (C(OH)–C–C–N with tert-alkyl or cyclic N) is 1. The molecule has 1 aromatic rings. The van der Waals surface area contributed by atoms with Crippen LogP contribution in [0.15, 0.2) is 35.5 Å². The van der Waals surface area contributed by atoms with Crippen LogP contribution in [0.25, 0.3) is 0 Å². The molecule has 116 valence electrons. The van der Waals surface area contributed by atoms with Gasteiger partial charge < -0.3 is 20.6 Å². The first-order valence-electron chi connectivity index (χ1n) is 7.30. The fourth-order valence-electron chi connectivity index (χ4n) is 2.90. The van der Waals surface area contributed by atoms with E-state index in [1.54, 1.807) is 11.8 Å². The number of amides is 3. The first kappa shape index (κ1) is 14.6. The topological polar surface area (TPSA) is 81.7 Å². The molecule has 0 bridgehead atoms. The van der Waals surface area contributed by atoms with Crippen LogP contribution < -0.4 is 10.6 Å². The lowest BCUT2D eigenvalue weighted by Crippen LogP contribution is -2.44. The molecule has 0 aliphatic carbocycles. The van der Waals surface area contributed by atoms with Crippen molar-refractivity contribution < 1.29 is 14.7 Å². The van der Waals surface area contributed by atoms with Crippen molar-refractivity contribution in [1.29, 1.82) is 0 Å². The zero-order chi connectivity index (χ0) is 15.9. The summed E-state index contributed by atoms with van der Waals surface area (Å²) in [7, 11) is 0. The van der Waals surface area contributed by atoms with E-state index < -0.39 is 12.1 Å². The van der Waals surface area contributed by atoms with Crippen molar-refractivity contribution in [2.75, 3.05) is 13.1 Å². The van der Waals surface area contributed by atoms with Crippen LogP contribution in [0, 0.1) is 6.92 Å². The fourth-order valence-corrected chi connectivity index (χ4v) is 2.90. The summed E-state index contributed by atoms with van der Waals surface area (Å²) < 4.78 is 0. The molecular weight excluding hydrogens is 282 g/mol. The van der Waals surface area contributed by atoms with Gasteiger partial charge >= 0.3 is 6.03 Å². The molecule has 0 saturated heterocycles. The minimum absolute atomic E-state index is 0.144. The van der Waals surface area contributed by atoms with E-state index in [2.05, 4.69) is 10.6 Å². The lowest BCUT2D eigenvalue weighted by Gasteiger charge is -2.25. The molecule has 1 aromatic carbocycles. The number of carbonyl (C=O) groups is 2. The zero-order valence-corrected chi connectivity index (χ0v) is 12.6. The van der Waals surface area contributed by atoms with Gasteiger partial charge in [-0.15, -0.1) is 0 Å². The molecule has 2 atom stereocenters. The highest BCUT2D eigenvalue weighted by atomic mass is 16.3. The third-order valence-electron chi connectivity index (χ3n) is 3.92. The molecule has 6 nitrogen and oxygen atoms in total. The molecule has 3 rings (SSSR count). The smallest absolute Gasteiger partial charge is 0.319 e. The third kappa shape index (κ3) is 2.57. The van der Waals surface area contributed by atoms with Crippen molar-refractivity contribution in [3.8, 4) is 0 Å². The van der Waals surface area contributed by atoms with Crippen LogP contribution in [0.1, 0.15) is 24.1 Å². The van der Waals surface area contributed by atoms with Gasteiger partial charge in [0.2, 0.25) is 0 Å². The number of aliphatic hydroxyl groups is 1. The van der Waals surface area contributed by atoms with E-state index in [1.165, 1.54) is 0 Å². The molecule has 2 heterocycles. The van der Waals surface area contributed by atoms with Gasteiger partial charge in [-0.3, -0.25) is 4.79 Å². The molecule has 0 spiro atoms. The van der Waals surface area contributed by atoms with E-state index in [0.29, 0.717) is 17.8 Å². The lowest BCUT2D eigenvalue weighted by molar-refractivity contribution is -0.126. The number of benzene rings is 1. The summed E-state index contributed by atoms with van der Waals surface area (Å²) in [4.78, 5) is 26.0. The second kappa shape index (κ2) is 5.46. The van der Waals surface area contributed by atoms with Gasteiger partial charge in [0.25, 0.3) is 5.91 Å². The number of hydrogen-bond donors (Lipinski definition) is 3. The number of nitrogens with zero attached hydrogens (tertiary/aromatic N) is 1. The van der Waals surface area contributed by atoms with Crippen LogP contribution >= 0.6 is 0 Å². The van der Waals surface area contributed by atoms with E-state index in [-0.39, 0.29) is 18.5 Å². The molecule has 3 N–H and O–H groups in total. The molecule has 0 saturated carbocycles. The maximum absolute atomic E-state index is 12.6. The summed E-state index contributed by atoms with van der Waals surface area (Å²) in [5.74, 6) is -0.144. The highest BCUT2D eigenvalue weighted by Crippen LogP contribution is 2.32. The Morgan fingerprint density at radius 1 is 1.32 bits per heavy atom. The van der Waals surface area contributed by atoms with Gasteiger partial charge in [-0.25, -0.2) is 4.79 Å². The summed E-state index contributed by atoms with van der Waals surface area (Å²) >= 11 is 0. The first-order valence-corrected chi connectivity index (χ1v) is 7.30. The van der Waals surface area contributed by atoms with Crippen molar-refractivity contribution in [3.63, 3.8) is 0 Å². The number of nitrogens with one attached hydrogen (secondary N) is 2. The van der Waals surface area contributed by atoms with Gasteiger partial charge in [-0.2, -0.15) is 0 Å². The molecule has 22 heavy (non-hydrogen) atoms. The zero-order valence-electron chi connectivity index (χ0n) is 12.6. The Hall–Kier alpha value is -2.34. The fraction of sp³-hybridized carbons (Fsp3) is 0.375. The summed E-state index contributed by atoms with van der Waals surface area (Å²) in [5.41, 5.74) is 3.18. The molecule has 2 aliphatic rings.